The number of thioether (sulfide) groups is 1. The van der Waals surface area contributed by atoms with Gasteiger partial charge in [-0.05, 0) is 33.7 Å². The van der Waals surface area contributed by atoms with Crippen LogP contribution in [0.1, 0.15) is 46.0 Å². The number of ether oxygens (including phenoxy) is 1. The Kier molecular flexibility index (Phi) is 6.34. The normalized spacial score (nSPS) is 20.9. The van der Waals surface area contributed by atoms with E-state index in [1.165, 1.54) is 32.1 Å². The highest BCUT2D eigenvalue weighted by Gasteiger charge is 2.34. The Bertz CT molecular complexity index is 242. The molecule has 0 amide bonds. The summed E-state index contributed by atoms with van der Waals surface area (Å²) in [5.41, 5.74) is -0.544. The first kappa shape index (κ1) is 14.8. The average molecular weight is 259 g/mol. The molecule has 1 unspecified atom stereocenters. The van der Waals surface area contributed by atoms with E-state index in [4.69, 9.17) is 4.74 Å². The Morgan fingerprint density at radius 2 is 2.06 bits per heavy atom. The van der Waals surface area contributed by atoms with Crippen molar-refractivity contribution in [1.82, 2.24) is 5.32 Å². The summed E-state index contributed by atoms with van der Waals surface area (Å²) in [4.78, 5) is 11.9. The molecule has 0 saturated heterocycles. The monoisotopic (exact) mass is 259 g/mol. The van der Waals surface area contributed by atoms with Gasteiger partial charge in [-0.3, -0.25) is 4.79 Å². The van der Waals surface area contributed by atoms with Crippen LogP contribution in [-0.2, 0) is 9.53 Å². The third kappa shape index (κ3) is 4.51. The fourth-order valence-electron chi connectivity index (χ4n) is 2.04. The molecular formula is C13H25NO2S. The molecule has 0 aromatic heterocycles. The first-order valence-electron chi connectivity index (χ1n) is 6.60. The van der Waals surface area contributed by atoms with Crippen molar-refractivity contribution in [3.05, 3.63) is 0 Å². The van der Waals surface area contributed by atoms with Crippen molar-refractivity contribution in [2.24, 2.45) is 0 Å². The quantitative estimate of drug-likeness (QED) is 0.744. The van der Waals surface area contributed by atoms with E-state index in [9.17, 15) is 4.79 Å². The minimum Gasteiger partial charge on any atom is -0.465 e. The van der Waals surface area contributed by atoms with Gasteiger partial charge in [-0.1, -0.05) is 19.3 Å². The van der Waals surface area contributed by atoms with Crippen LogP contribution < -0.4 is 5.32 Å². The first-order valence-corrected chi connectivity index (χ1v) is 7.65. The average Bonchev–Trinajstić information content (AvgIpc) is 2.37. The second kappa shape index (κ2) is 7.27. The Morgan fingerprint density at radius 1 is 1.41 bits per heavy atom. The Balaban J connectivity index is 2.41. The van der Waals surface area contributed by atoms with Crippen molar-refractivity contribution < 1.29 is 9.53 Å². The second-order valence-electron chi connectivity index (χ2n) is 4.87. The van der Waals surface area contributed by atoms with Gasteiger partial charge in [0.25, 0.3) is 0 Å². The molecule has 1 fully saturated rings. The molecule has 1 saturated carbocycles. The van der Waals surface area contributed by atoms with E-state index in [2.05, 4.69) is 5.32 Å². The molecule has 0 heterocycles. The van der Waals surface area contributed by atoms with Crippen molar-refractivity contribution in [3.63, 3.8) is 0 Å². The maximum Gasteiger partial charge on any atom is 0.326 e. The van der Waals surface area contributed by atoms with Crippen molar-refractivity contribution >= 4 is 17.7 Å². The molecule has 1 rings (SSSR count). The summed E-state index contributed by atoms with van der Waals surface area (Å²) in [6.45, 7) is 4.23. The number of hydrogen-bond acceptors (Lipinski definition) is 4. The first-order chi connectivity index (χ1) is 8.12. The molecule has 0 bridgehead atoms. The second-order valence-corrected chi connectivity index (χ2v) is 6.16. The maximum atomic E-state index is 11.9. The van der Waals surface area contributed by atoms with Gasteiger partial charge in [0.05, 0.1) is 6.61 Å². The highest BCUT2D eigenvalue weighted by atomic mass is 32.2. The van der Waals surface area contributed by atoms with E-state index in [0.717, 1.165) is 11.0 Å². The molecule has 1 atom stereocenters. The van der Waals surface area contributed by atoms with Gasteiger partial charge in [0, 0.05) is 11.0 Å². The molecule has 100 valence electrons. The minimum absolute atomic E-state index is 0.134. The zero-order valence-electron chi connectivity index (χ0n) is 11.3. The van der Waals surface area contributed by atoms with E-state index in [1.807, 2.05) is 32.7 Å². The Hall–Kier alpha value is -0.220. The lowest BCUT2D eigenvalue weighted by molar-refractivity contribution is -0.149. The summed E-state index contributed by atoms with van der Waals surface area (Å²) in [5, 5.41) is 3.83. The number of rotatable bonds is 6. The molecule has 1 aliphatic carbocycles. The number of carbonyl (C=O) groups is 1. The van der Waals surface area contributed by atoms with E-state index < -0.39 is 5.54 Å². The van der Waals surface area contributed by atoms with Crippen LogP contribution in [0.25, 0.3) is 0 Å². The number of hydrogen-bond donors (Lipinski definition) is 1. The fraction of sp³-hybridized carbons (Fsp3) is 0.923. The summed E-state index contributed by atoms with van der Waals surface area (Å²) in [6, 6.07) is 0. The lowest BCUT2D eigenvalue weighted by atomic mass is 10.0. The van der Waals surface area contributed by atoms with E-state index in [1.54, 1.807) is 0 Å². The van der Waals surface area contributed by atoms with Crippen LogP contribution in [0.3, 0.4) is 0 Å². The lowest BCUT2D eigenvalue weighted by Crippen LogP contribution is -2.51. The SMILES string of the molecule is CCOC(=O)C(C)(CSC1CCCCC1)NC. The molecule has 17 heavy (non-hydrogen) atoms. The van der Waals surface area contributed by atoms with Gasteiger partial charge in [-0.2, -0.15) is 11.8 Å². The number of carbonyl (C=O) groups excluding carboxylic acids is 1. The molecular weight excluding hydrogens is 234 g/mol. The van der Waals surface area contributed by atoms with Gasteiger partial charge in [0.2, 0.25) is 0 Å². The third-order valence-corrected chi connectivity index (χ3v) is 5.12. The molecule has 3 nitrogen and oxygen atoms in total. The lowest BCUT2D eigenvalue weighted by Gasteiger charge is -2.29. The van der Waals surface area contributed by atoms with Crippen LogP contribution >= 0.6 is 11.8 Å². The zero-order valence-corrected chi connectivity index (χ0v) is 12.1. The molecule has 0 aromatic rings. The third-order valence-electron chi connectivity index (χ3n) is 3.44. The molecule has 0 radical (unpaired) electrons. The minimum atomic E-state index is -0.544. The smallest absolute Gasteiger partial charge is 0.326 e. The van der Waals surface area contributed by atoms with Crippen LogP contribution in [0.2, 0.25) is 0 Å². The molecule has 4 heteroatoms. The van der Waals surface area contributed by atoms with Crippen LogP contribution in [0.15, 0.2) is 0 Å². The molecule has 0 spiro atoms. The van der Waals surface area contributed by atoms with Gasteiger partial charge in [-0.25, -0.2) is 0 Å². The fourth-order valence-corrected chi connectivity index (χ4v) is 3.54. The van der Waals surface area contributed by atoms with Crippen LogP contribution in [0, 0.1) is 0 Å². The van der Waals surface area contributed by atoms with Crippen molar-refractivity contribution in [2.45, 2.75) is 56.7 Å². The van der Waals surface area contributed by atoms with Crippen LogP contribution in [0.4, 0.5) is 0 Å². The Morgan fingerprint density at radius 3 is 2.59 bits per heavy atom. The zero-order chi connectivity index (χ0) is 12.7. The molecule has 0 aliphatic heterocycles. The highest BCUT2D eigenvalue weighted by Crippen LogP contribution is 2.30. The van der Waals surface area contributed by atoms with Gasteiger partial charge >= 0.3 is 5.97 Å². The highest BCUT2D eigenvalue weighted by molar-refractivity contribution is 8.00. The number of likely N-dealkylation sites (N-methyl/N-ethyl adjacent to an activating group) is 1. The van der Waals surface area contributed by atoms with Crippen molar-refractivity contribution in [3.8, 4) is 0 Å². The van der Waals surface area contributed by atoms with E-state index in [0.29, 0.717) is 6.61 Å². The van der Waals surface area contributed by atoms with E-state index >= 15 is 0 Å². The van der Waals surface area contributed by atoms with Crippen molar-refractivity contribution in [2.75, 3.05) is 19.4 Å². The summed E-state index contributed by atoms with van der Waals surface area (Å²) in [6.07, 6.45) is 6.65. The molecule has 1 aliphatic rings. The maximum absolute atomic E-state index is 11.9. The van der Waals surface area contributed by atoms with Crippen LogP contribution in [0.5, 0.6) is 0 Å². The number of nitrogens with one attached hydrogen (secondary N) is 1. The van der Waals surface area contributed by atoms with Gasteiger partial charge in [0.15, 0.2) is 0 Å². The largest absolute Gasteiger partial charge is 0.465 e. The van der Waals surface area contributed by atoms with E-state index in [-0.39, 0.29) is 5.97 Å². The Labute approximate surface area is 109 Å². The van der Waals surface area contributed by atoms with Gasteiger partial charge < -0.3 is 10.1 Å². The van der Waals surface area contributed by atoms with Gasteiger partial charge in [-0.15, -0.1) is 0 Å². The van der Waals surface area contributed by atoms with Crippen LogP contribution in [-0.4, -0.2) is 36.2 Å². The molecule has 1 N–H and O–H groups in total. The predicted octanol–water partition coefficient (Wildman–Crippen LogP) is 2.59. The number of esters is 1. The topological polar surface area (TPSA) is 38.3 Å². The molecule has 0 aromatic carbocycles. The summed E-state index contributed by atoms with van der Waals surface area (Å²) in [5.74, 6) is 0.665. The summed E-state index contributed by atoms with van der Waals surface area (Å²) >= 11 is 1.92. The summed E-state index contributed by atoms with van der Waals surface area (Å²) < 4.78 is 5.12. The van der Waals surface area contributed by atoms with Gasteiger partial charge in [0.1, 0.15) is 5.54 Å². The predicted molar refractivity (Wildman–Crippen MR) is 73.4 cm³/mol. The standard InChI is InChI=1S/C13H25NO2S/c1-4-16-12(15)13(2,14-3)10-17-11-8-6-5-7-9-11/h11,14H,4-10H2,1-3H3. The van der Waals surface area contributed by atoms with Crippen molar-refractivity contribution in [1.29, 1.82) is 0 Å². The summed E-state index contributed by atoms with van der Waals surface area (Å²) in [7, 11) is 1.83.